The van der Waals surface area contributed by atoms with Gasteiger partial charge >= 0.3 is 0 Å². The van der Waals surface area contributed by atoms with Crippen molar-refractivity contribution in [2.75, 3.05) is 13.1 Å². The number of nitrogens with one attached hydrogen (secondary N) is 1. The summed E-state index contributed by atoms with van der Waals surface area (Å²) < 4.78 is 0. The lowest BCUT2D eigenvalue weighted by Crippen LogP contribution is -2.35. The molecule has 7 heteroatoms. The first-order valence-electron chi connectivity index (χ1n) is 9.46. The molecule has 1 saturated heterocycles. The van der Waals surface area contributed by atoms with Crippen LogP contribution < -0.4 is 5.32 Å². The molecular formula is C22H24N4O3. The van der Waals surface area contributed by atoms with Gasteiger partial charge in [0, 0.05) is 45.0 Å². The number of hydrogen-bond donors (Lipinski definition) is 2. The minimum Gasteiger partial charge on any atom is -0.483 e. The second kappa shape index (κ2) is 9.75. The number of nitrogens with zero attached hydrogens (tertiary/aromatic N) is 3. The molecule has 0 spiro atoms. The average Bonchev–Trinajstić information content (AvgIpc) is 3.14. The molecule has 0 aliphatic carbocycles. The molecule has 1 fully saturated rings. The van der Waals surface area contributed by atoms with E-state index in [4.69, 9.17) is 9.90 Å². The third kappa shape index (κ3) is 5.58. The van der Waals surface area contributed by atoms with Crippen LogP contribution in [-0.4, -0.2) is 51.5 Å². The minimum absolute atomic E-state index is 0.0539. The van der Waals surface area contributed by atoms with Crippen molar-refractivity contribution in [1.29, 1.82) is 0 Å². The smallest absolute Gasteiger partial charge is 0.290 e. The highest BCUT2D eigenvalue weighted by molar-refractivity contribution is 5.81. The SMILES string of the molecule is CC(=O)N[C@@H]1CCN(Cc2cccc(-c3ccc4nccnc4c3)c2)C1.O=CO. The maximum Gasteiger partial charge on any atom is 0.290 e. The number of aromatic nitrogens is 2. The second-order valence-corrected chi connectivity index (χ2v) is 6.99. The summed E-state index contributed by atoms with van der Waals surface area (Å²) in [7, 11) is 0. The van der Waals surface area contributed by atoms with Gasteiger partial charge in [-0.15, -0.1) is 0 Å². The summed E-state index contributed by atoms with van der Waals surface area (Å²) in [4.78, 5) is 30.7. The van der Waals surface area contributed by atoms with Crippen molar-refractivity contribution in [3.8, 4) is 11.1 Å². The topological polar surface area (TPSA) is 95.4 Å². The summed E-state index contributed by atoms with van der Waals surface area (Å²) in [6, 6.07) is 15.1. The number of benzene rings is 2. The van der Waals surface area contributed by atoms with Crippen molar-refractivity contribution in [2.45, 2.75) is 25.9 Å². The summed E-state index contributed by atoms with van der Waals surface area (Å²) >= 11 is 0. The van der Waals surface area contributed by atoms with Gasteiger partial charge in [0.25, 0.3) is 6.47 Å². The average molecular weight is 392 g/mol. The lowest BCUT2D eigenvalue weighted by atomic mass is 10.0. The maximum absolute atomic E-state index is 11.2. The Bertz CT molecular complexity index is 992. The fourth-order valence-corrected chi connectivity index (χ4v) is 3.63. The lowest BCUT2D eigenvalue weighted by molar-refractivity contribution is -0.123. The Hall–Kier alpha value is -3.32. The Morgan fingerprint density at radius 3 is 2.66 bits per heavy atom. The lowest BCUT2D eigenvalue weighted by Gasteiger charge is -2.17. The number of carboxylic acid groups (broad SMARTS) is 1. The molecule has 0 bridgehead atoms. The molecule has 1 aliphatic rings. The molecule has 150 valence electrons. The largest absolute Gasteiger partial charge is 0.483 e. The van der Waals surface area contributed by atoms with E-state index in [-0.39, 0.29) is 18.4 Å². The van der Waals surface area contributed by atoms with Crippen LogP contribution in [0.3, 0.4) is 0 Å². The Labute approximate surface area is 169 Å². The normalized spacial score (nSPS) is 16.1. The zero-order valence-corrected chi connectivity index (χ0v) is 16.3. The van der Waals surface area contributed by atoms with Crippen molar-refractivity contribution in [1.82, 2.24) is 20.2 Å². The van der Waals surface area contributed by atoms with E-state index in [0.717, 1.165) is 42.7 Å². The van der Waals surface area contributed by atoms with Gasteiger partial charge in [-0.25, -0.2) is 0 Å². The molecule has 4 rings (SSSR count). The van der Waals surface area contributed by atoms with Gasteiger partial charge in [-0.3, -0.25) is 24.5 Å². The van der Waals surface area contributed by atoms with E-state index in [2.05, 4.69) is 56.6 Å². The quantitative estimate of drug-likeness (QED) is 0.663. The number of carbonyl (C=O) groups excluding carboxylic acids is 1. The standard InChI is InChI=1S/C21H22N4O.CH2O2/c1-15(26)24-19-7-10-25(14-19)13-16-3-2-4-17(11-16)18-5-6-20-21(12-18)23-9-8-22-20;2-1-3/h2-6,8-9,11-12,19H,7,10,13-14H2,1H3,(H,24,26);1H,(H,2,3)/t19-;/m1./s1. The van der Waals surface area contributed by atoms with Crippen LogP contribution in [-0.2, 0) is 16.1 Å². The first kappa shape index (κ1) is 20.4. The van der Waals surface area contributed by atoms with Crippen LogP contribution in [0.4, 0.5) is 0 Å². The van der Waals surface area contributed by atoms with E-state index in [1.54, 1.807) is 19.3 Å². The van der Waals surface area contributed by atoms with Gasteiger partial charge in [-0.1, -0.05) is 24.3 Å². The molecule has 7 nitrogen and oxygen atoms in total. The summed E-state index contributed by atoms with van der Waals surface area (Å²) in [5.41, 5.74) is 5.44. The Morgan fingerprint density at radius 1 is 1.17 bits per heavy atom. The first-order chi connectivity index (χ1) is 14.1. The van der Waals surface area contributed by atoms with Crippen LogP contribution in [0.15, 0.2) is 54.9 Å². The monoisotopic (exact) mass is 392 g/mol. The Kier molecular flexibility index (Phi) is 6.86. The summed E-state index contributed by atoms with van der Waals surface area (Å²) in [6.07, 6.45) is 4.46. The molecule has 3 aromatic rings. The summed E-state index contributed by atoms with van der Waals surface area (Å²) in [6.45, 7) is 4.16. The van der Waals surface area contributed by atoms with Crippen LogP contribution >= 0.6 is 0 Å². The van der Waals surface area contributed by atoms with Crippen LogP contribution in [0, 0.1) is 0 Å². The molecule has 2 aromatic carbocycles. The van der Waals surface area contributed by atoms with Gasteiger partial charge in [0.15, 0.2) is 0 Å². The van der Waals surface area contributed by atoms with Gasteiger partial charge < -0.3 is 10.4 Å². The van der Waals surface area contributed by atoms with Gasteiger partial charge in [-0.05, 0) is 41.3 Å². The second-order valence-electron chi connectivity index (χ2n) is 6.99. The Morgan fingerprint density at radius 2 is 1.90 bits per heavy atom. The highest BCUT2D eigenvalue weighted by Gasteiger charge is 2.22. The predicted molar refractivity (Wildman–Crippen MR) is 111 cm³/mol. The van der Waals surface area contributed by atoms with E-state index in [1.165, 1.54) is 11.1 Å². The van der Waals surface area contributed by atoms with E-state index in [9.17, 15) is 4.79 Å². The van der Waals surface area contributed by atoms with Crippen molar-refractivity contribution in [3.05, 3.63) is 60.4 Å². The number of fused-ring (bicyclic) bond motifs is 1. The molecule has 1 atom stereocenters. The van der Waals surface area contributed by atoms with Crippen molar-refractivity contribution < 1.29 is 14.7 Å². The fraction of sp³-hybridized carbons (Fsp3) is 0.273. The number of amides is 1. The third-order valence-electron chi connectivity index (χ3n) is 4.82. The number of rotatable bonds is 4. The summed E-state index contributed by atoms with van der Waals surface area (Å²) in [5, 5.41) is 9.91. The molecule has 0 radical (unpaired) electrons. The van der Waals surface area contributed by atoms with E-state index in [1.807, 2.05) is 6.07 Å². The van der Waals surface area contributed by atoms with Gasteiger partial charge in [0.1, 0.15) is 0 Å². The molecule has 0 saturated carbocycles. The fourth-order valence-electron chi connectivity index (χ4n) is 3.63. The molecule has 1 aliphatic heterocycles. The number of likely N-dealkylation sites (tertiary alicyclic amines) is 1. The molecule has 2 heterocycles. The highest BCUT2D eigenvalue weighted by atomic mass is 16.3. The molecule has 29 heavy (non-hydrogen) atoms. The molecular weight excluding hydrogens is 368 g/mol. The highest BCUT2D eigenvalue weighted by Crippen LogP contribution is 2.24. The van der Waals surface area contributed by atoms with E-state index in [0.29, 0.717) is 0 Å². The van der Waals surface area contributed by atoms with Crippen molar-refractivity contribution in [3.63, 3.8) is 0 Å². The first-order valence-corrected chi connectivity index (χ1v) is 9.46. The maximum atomic E-state index is 11.2. The van der Waals surface area contributed by atoms with E-state index < -0.39 is 0 Å². The Balaban J connectivity index is 0.000000755. The zero-order chi connectivity index (χ0) is 20.6. The van der Waals surface area contributed by atoms with Crippen LogP contribution in [0.5, 0.6) is 0 Å². The van der Waals surface area contributed by atoms with Gasteiger partial charge in [-0.2, -0.15) is 0 Å². The van der Waals surface area contributed by atoms with Crippen molar-refractivity contribution >= 4 is 23.4 Å². The third-order valence-corrected chi connectivity index (χ3v) is 4.82. The van der Waals surface area contributed by atoms with Crippen LogP contribution in [0.1, 0.15) is 18.9 Å². The predicted octanol–water partition coefficient (Wildman–Crippen LogP) is 2.71. The molecule has 1 amide bonds. The minimum atomic E-state index is -0.250. The molecule has 0 unspecified atom stereocenters. The molecule has 2 N–H and O–H groups in total. The molecule has 1 aromatic heterocycles. The van der Waals surface area contributed by atoms with Crippen LogP contribution in [0.2, 0.25) is 0 Å². The number of carbonyl (C=O) groups is 2. The van der Waals surface area contributed by atoms with Crippen molar-refractivity contribution in [2.24, 2.45) is 0 Å². The summed E-state index contributed by atoms with van der Waals surface area (Å²) in [5.74, 6) is 0.0539. The van der Waals surface area contributed by atoms with Gasteiger partial charge in [0.05, 0.1) is 11.0 Å². The van der Waals surface area contributed by atoms with Crippen LogP contribution in [0.25, 0.3) is 22.2 Å². The number of hydrogen-bond acceptors (Lipinski definition) is 5. The zero-order valence-electron chi connectivity index (χ0n) is 16.3. The van der Waals surface area contributed by atoms with Gasteiger partial charge in [0.2, 0.25) is 5.91 Å². The van der Waals surface area contributed by atoms with E-state index >= 15 is 0 Å².